The Kier molecular flexibility index (Phi) is 5.80. The first-order valence-corrected chi connectivity index (χ1v) is 8.97. The molecule has 27 heavy (non-hydrogen) atoms. The van der Waals surface area contributed by atoms with E-state index in [0.717, 1.165) is 10.9 Å². The Morgan fingerprint density at radius 1 is 1.00 bits per heavy atom. The molecule has 0 saturated heterocycles. The molecule has 0 aliphatic rings. The molecule has 1 heterocycles. The molecule has 3 rings (SSSR count). The van der Waals surface area contributed by atoms with Crippen LogP contribution in [0, 0.1) is 0 Å². The molecule has 0 saturated carbocycles. The summed E-state index contributed by atoms with van der Waals surface area (Å²) in [6, 6.07) is 8.89. The number of carbonyl (C=O) groups excluding carboxylic acids is 1. The normalized spacial score (nSPS) is 10.6. The number of fused-ring (bicyclic) bond motifs is 1. The highest BCUT2D eigenvalue weighted by atomic mass is 16.5. The van der Waals surface area contributed by atoms with Crippen LogP contribution in [0.2, 0.25) is 0 Å². The largest absolute Gasteiger partial charge is 0.490 e. The Hall–Kier alpha value is -3.22. The van der Waals surface area contributed by atoms with Crippen LogP contribution in [0.5, 0.6) is 17.2 Å². The third-order valence-electron chi connectivity index (χ3n) is 3.87. The highest BCUT2D eigenvalue weighted by molar-refractivity contribution is 6.05. The molecule has 7 nitrogen and oxygen atoms in total. The highest BCUT2D eigenvalue weighted by Crippen LogP contribution is 2.39. The van der Waals surface area contributed by atoms with Crippen molar-refractivity contribution in [3.8, 4) is 17.2 Å². The first-order chi connectivity index (χ1) is 13.2. The van der Waals surface area contributed by atoms with Crippen LogP contribution < -0.4 is 19.5 Å². The maximum Gasteiger partial charge on any atom is 0.255 e. The van der Waals surface area contributed by atoms with Crippen molar-refractivity contribution in [1.29, 1.82) is 0 Å². The molecule has 0 atom stereocenters. The van der Waals surface area contributed by atoms with E-state index in [2.05, 4.69) is 15.5 Å². The summed E-state index contributed by atoms with van der Waals surface area (Å²) in [6.45, 7) is 7.02. The minimum absolute atomic E-state index is 0.261. The van der Waals surface area contributed by atoms with Crippen molar-refractivity contribution in [2.24, 2.45) is 0 Å². The first-order valence-electron chi connectivity index (χ1n) is 8.97. The van der Waals surface area contributed by atoms with Gasteiger partial charge in [0.15, 0.2) is 11.5 Å². The number of H-pyrrole nitrogens is 1. The molecule has 1 aromatic heterocycles. The first kappa shape index (κ1) is 18.6. The fourth-order valence-electron chi connectivity index (χ4n) is 2.74. The molecule has 0 aliphatic carbocycles. The Labute approximate surface area is 157 Å². The van der Waals surface area contributed by atoms with E-state index in [9.17, 15) is 4.79 Å². The van der Waals surface area contributed by atoms with Gasteiger partial charge in [-0.1, -0.05) is 0 Å². The van der Waals surface area contributed by atoms with E-state index < -0.39 is 0 Å². The fourth-order valence-corrected chi connectivity index (χ4v) is 2.74. The second-order valence-corrected chi connectivity index (χ2v) is 5.73. The van der Waals surface area contributed by atoms with Crippen LogP contribution in [0.4, 0.5) is 5.69 Å². The van der Waals surface area contributed by atoms with Crippen LogP contribution in [-0.2, 0) is 0 Å². The summed E-state index contributed by atoms with van der Waals surface area (Å²) in [5.74, 6) is 1.22. The van der Waals surface area contributed by atoms with Gasteiger partial charge in [0, 0.05) is 16.6 Å². The van der Waals surface area contributed by atoms with Crippen LogP contribution >= 0.6 is 0 Å². The monoisotopic (exact) mass is 369 g/mol. The molecule has 3 aromatic rings. The maximum absolute atomic E-state index is 12.8. The van der Waals surface area contributed by atoms with Crippen molar-refractivity contribution in [2.75, 3.05) is 25.1 Å². The van der Waals surface area contributed by atoms with Crippen molar-refractivity contribution in [3.63, 3.8) is 0 Å². The lowest BCUT2D eigenvalue weighted by molar-refractivity contribution is 0.102. The molecule has 2 aromatic carbocycles. The van der Waals surface area contributed by atoms with Crippen molar-refractivity contribution in [1.82, 2.24) is 10.2 Å². The van der Waals surface area contributed by atoms with E-state index in [1.54, 1.807) is 18.3 Å². The second kappa shape index (κ2) is 8.44. The van der Waals surface area contributed by atoms with Gasteiger partial charge in [0.25, 0.3) is 5.91 Å². The SMILES string of the molecule is CCOc1cc(C(=O)Nc2ccc3[nH]ncc3c2)cc(OCC)c1OCC. The zero-order chi connectivity index (χ0) is 19.2. The van der Waals surface area contributed by atoms with Gasteiger partial charge in [0.1, 0.15) is 0 Å². The van der Waals surface area contributed by atoms with E-state index >= 15 is 0 Å². The number of hydrogen-bond donors (Lipinski definition) is 2. The molecule has 142 valence electrons. The van der Waals surface area contributed by atoms with Crippen molar-refractivity contribution < 1.29 is 19.0 Å². The fraction of sp³-hybridized carbons (Fsp3) is 0.300. The predicted molar refractivity (Wildman–Crippen MR) is 104 cm³/mol. The number of anilines is 1. The number of nitrogens with zero attached hydrogens (tertiary/aromatic N) is 1. The van der Waals surface area contributed by atoms with Gasteiger partial charge in [-0.15, -0.1) is 0 Å². The molecule has 0 bridgehead atoms. The van der Waals surface area contributed by atoms with Crippen LogP contribution in [0.15, 0.2) is 36.5 Å². The zero-order valence-electron chi connectivity index (χ0n) is 15.7. The Balaban J connectivity index is 1.92. The van der Waals surface area contributed by atoms with Gasteiger partial charge in [-0.2, -0.15) is 5.10 Å². The predicted octanol–water partition coefficient (Wildman–Crippen LogP) is 4.01. The lowest BCUT2D eigenvalue weighted by Gasteiger charge is -2.17. The Morgan fingerprint density at radius 2 is 1.67 bits per heavy atom. The summed E-state index contributed by atoms with van der Waals surface area (Å²) in [4.78, 5) is 12.8. The molecule has 0 radical (unpaired) electrons. The molecular formula is C20H23N3O4. The van der Waals surface area contributed by atoms with Gasteiger partial charge in [-0.05, 0) is 51.1 Å². The Bertz CT molecular complexity index is 909. The van der Waals surface area contributed by atoms with Crippen LogP contribution in [-0.4, -0.2) is 35.9 Å². The summed E-state index contributed by atoms with van der Waals surface area (Å²) in [5, 5.41) is 10.7. The number of amides is 1. The summed E-state index contributed by atoms with van der Waals surface area (Å²) in [5.41, 5.74) is 2.02. The molecule has 0 aliphatic heterocycles. The number of carbonyl (C=O) groups is 1. The third kappa shape index (κ3) is 4.13. The van der Waals surface area contributed by atoms with Crippen LogP contribution in [0.1, 0.15) is 31.1 Å². The molecule has 1 amide bonds. The number of hydrogen-bond acceptors (Lipinski definition) is 5. The molecule has 0 spiro atoms. The molecule has 0 unspecified atom stereocenters. The van der Waals surface area contributed by atoms with Crippen LogP contribution in [0.25, 0.3) is 10.9 Å². The van der Waals surface area contributed by atoms with Gasteiger partial charge in [0.05, 0.1) is 31.5 Å². The summed E-state index contributed by atoms with van der Waals surface area (Å²) in [7, 11) is 0. The number of nitrogens with one attached hydrogen (secondary N) is 2. The number of ether oxygens (including phenoxy) is 3. The van der Waals surface area contributed by atoms with E-state index in [1.165, 1.54) is 0 Å². The minimum Gasteiger partial charge on any atom is -0.490 e. The molecular weight excluding hydrogens is 346 g/mol. The minimum atomic E-state index is -0.261. The maximum atomic E-state index is 12.8. The summed E-state index contributed by atoms with van der Waals surface area (Å²) in [6.07, 6.45) is 1.71. The zero-order valence-corrected chi connectivity index (χ0v) is 15.7. The molecule has 2 N–H and O–H groups in total. The third-order valence-corrected chi connectivity index (χ3v) is 3.87. The average Bonchev–Trinajstić information content (AvgIpc) is 3.12. The Morgan fingerprint density at radius 3 is 2.30 bits per heavy atom. The highest BCUT2D eigenvalue weighted by Gasteiger charge is 2.18. The van der Waals surface area contributed by atoms with Crippen LogP contribution in [0.3, 0.4) is 0 Å². The van der Waals surface area contributed by atoms with E-state index in [-0.39, 0.29) is 5.91 Å². The standard InChI is InChI=1S/C20H23N3O4/c1-4-25-17-10-13(11-18(26-5-2)19(17)27-6-3)20(24)22-15-7-8-16-14(9-15)12-21-23-16/h7-12H,4-6H2,1-3H3,(H,21,23)(H,22,24). The summed E-state index contributed by atoms with van der Waals surface area (Å²) < 4.78 is 17.0. The summed E-state index contributed by atoms with van der Waals surface area (Å²) >= 11 is 0. The quantitative estimate of drug-likeness (QED) is 0.627. The van der Waals surface area contributed by atoms with E-state index in [0.29, 0.717) is 48.3 Å². The molecule has 0 fully saturated rings. The molecule has 7 heteroatoms. The van der Waals surface area contributed by atoms with Gasteiger partial charge in [-0.3, -0.25) is 9.89 Å². The van der Waals surface area contributed by atoms with Gasteiger partial charge in [0.2, 0.25) is 5.75 Å². The topological polar surface area (TPSA) is 85.5 Å². The van der Waals surface area contributed by atoms with Crippen molar-refractivity contribution in [3.05, 3.63) is 42.1 Å². The van der Waals surface area contributed by atoms with Gasteiger partial charge in [-0.25, -0.2) is 0 Å². The number of aromatic amines is 1. The van der Waals surface area contributed by atoms with Gasteiger partial charge >= 0.3 is 0 Å². The van der Waals surface area contributed by atoms with E-state index in [1.807, 2.05) is 39.0 Å². The lowest BCUT2D eigenvalue weighted by Crippen LogP contribution is -2.13. The van der Waals surface area contributed by atoms with Crippen molar-refractivity contribution >= 4 is 22.5 Å². The smallest absolute Gasteiger partial charge is 0.255 e. The lowest BCUT2D eigenvalue weighted by atomic mass is 10.1. The number of benzene rings is 2. The second-order valence-electron chi connectivity index (χ2n) is 5.73. The number of rotatable bonds is 8. The van der Waals surface area contributed by atoms with Crippen molar-refractivity contribution in [2.45, 2.75) is 20.8 Å². The van der Waals surface area contributed by atoms with Gasteiger partial charge < -0.3 is 19.5 Å². The van der Waals surface area contributed by atoms with E-state index in [4.69, 9.17) is 14.2 Å². The average molecular weight is 369 g/mol. The number of aromatic nitrogens is 2.